The minimum absolute atomic E-state index is 0.0143. The predicted octanol–water partition coefficient (Wildman–Crippen LogP) is 4.76. The van der Waals surface area contributed by atoms with Crippen LogP contribution in [0.4, 0.5) is 8.78 Å². The number of nitrogens with zero attached hydrogens (tertiary/aromatic N) is 2. The Labute approximate surface area is 194 Å². The molecule has 4 rings (SSSR count). The molecule has 4 aromatic rings. The number of hydrogen-bond acceptors (Lipinski definition) is 6. The van der Waals surface area contributed by atoms with Crippen molar-refractivity contribution in [1.29, 1.82) is 0 Å². The number of pyridine rings is 1. The van der Waals surface area contributed by atoms with Gasteiger partial charge in [0.1, 0.15) is 23.9 Å². The number of H-pyrrole nitrogens is 1. The number of aryl methyl sites for hydroxylation is 2. The van der Waals surface area contributed by atoms with Crippen LogP contribution in [0.2, 0.25) is 0 Å². The molecule has 0 radical (unpaired) electrons. The number of hydrogen-bond donors (Lipinski definition) is 2. The highest BCUT2D eigenvalue weighted by Crippen LogP contribution is 2.33. The van der Waals surface area contributed by atoms with E-state index in [9.17, 15) is 14.3 Å². The molecule has 0 spiro atoms. The predicted molar refractivity (Wildman–Crippen MR) is 121 cm³/mol. The van der Waals surface area contributed by atoms with Crippen LogP contribution in [0.25, 0.3) is 11.3 Å². The quantitative estimate of drug-likeness (QED) is 0.407. The molecule has 0 saturated heterocycles. The lowest BCUT2D eigenvalue weighted by atomic mass is 9.96. The molecule has 9 heteroatoms. The molecule has 2 N–H and O–H groups in total. The monoisotopic (exact) mass is 467 g/mol. The van der Waals surface area contributed by atoms with Crippen molar-refractivity contribution in [3.05, 3.63) is 92.4 Å². The zero-order valence-electron chi connectivity index (χ0n) is 18.9. The van der Waals surface area contributed by atoms with Gasteiger partial charge in [0, 0.05) is 17.7 Å². The number of rotatable bonds is 7. The van der Waals surface area contributed by atoms with Crippen molar-refractivity contribution in [2.75, 3.05) is 0 Å². The second kappa shape index (κ2) is 9.46. The van der Waals surface area contributed by atoms with Crippen LogP contribution in [0.15, 0.2) is 45.7 Å². The first-order valence-electron chi connectivity index (χ1n) is 10.7. The summed E-state index contributed by atoms with van der Waals surface area (Å²) in [5.41, 5.74) is 3.27. The molecule has 2 aromatic heterocycles. The Morgan fingerprint density at radius 1 is 1.15 bits per heavy atom. The maximum absolute atomic E-state index is 15.0. The standard InChI is InChI=1S/C25H23F2N3O4/c1-4-15-6-5-7-17(23(15)27)24-19(31)9-8-16(28-24)11-18-13(2)10-20(22(26)14(18)3)33-12-21-29-25(32)34-30-21/h5-10,31H,4,11-12H2,1-3H3,(H,29,30,32). The molecule has 0 bridgehead atoms. The maximum atomic E-state index is 15.0. The van der Waals surface area contributed by atoms with Gasteiger partial charge in [-0.2, -0.15) is 0 Å². The highest BCUT2D eigenvalue weighted by molar-refractivity contribution is 5.67. The van der Waals surface area contributed by atoms with Gasteiger partial charge in [0.25, 0.3) is 0 Å². The Balaban J connectivity index is 1.63. The molecule has 2 heterocycles. The molecule has 176 valence electrons. The van der Waals surface area contributed by atoms with Crippen molar-refractivity contribution >= 4 is 0 Å². The van der Waals surface area contributed by atoms with E-state index >= 15 is 4.39 Å². The van der Waals surface area contributed by atoms with Gasteiger partial charge in [0.05, 0.1) is 0 Å². The van der Waals surface area contributed by atoms with E-state index in [1.165, 1.54) is 6.07 Å². The number of aromatic amines is 1. The molecule has 2 aromatic carbocycles. The van der Waals surface area contributed by atoms with Crippen LogP contribution in [0.3, 0.4) is 0 Å². The van der Waals surface area contributed by atoms with E-state index in [-0.39, 0.29) is 41.6 Å². The average molecular weight is 467 g/mol. The molecule has 0 aliphatic carbocycles. The number of nitrogens with one attached hydrogen (secondary N) is 1. The van der Waals surface area contributed by atoms with Gasteiger partial charge in [-0.05, 0) is 66.8 Å². The van der Waals surface area contributed by atoms with Crippen molar-refractivity contribution in [1.82, 2.24) is 15.1 Å². The van der Waals surface area contributed by atoms with Crippen molar-refractivity contribution < 1.29 is 23.1 Å². The topological polar surface area (TPSA) is 101 Å². The van der Waals surface area contributed by atoms with E-state index in [2.05, 4.69) is 19.6 Å². The largest absolute Gasteiger partial charge is 0.506 e. The molecular weight excluding hydrogens is 444 g/mol. The van der Waals surface area contributed by atoms with E-state index in [1.807, 2.05) is 13.8 Å². The summed E-state index contributed by atoms with van der Waals surface area (Å²) in [4.78, 5) is 17.9. The van der Waals surface area contributed by atoms with Crippen LogP contribution in [0, 0.1) is 25.5 Å². The molecule has 0 aliphatic heterocycles. The first kappa shape index (κ1) is 23.2. The van der Waals surface area contributed by atoms with E-state index in [0.717, 1.165) is 5.56 Å². The Kier molecular flexibility index (Phi) is 6.45. The normalized spacial score (nSPS) is 11.1. The second-order valence-electron chi connectivity index (χ2n) is 7.92. The molecule has 0 unspecified atom stereocenters. The molecular formula is C25H23F2N3O4. The summed E-state index contributed by atoms with van der Waals surface area (Å²) in [6.07, 6.45) is 0.785. The lowest BCUT2D eigenvalue weighted by molar-refractivity contribution is 0.271. The minimum atomic E-state index is -0.719. The van der Waals surface area contributed by atoms with Crippen molar-refractivity contribution in [2.45, 2.75) is 40.2 Å². The van der Waals surface area contributed by atoms with Gasteiger partial charge in [-0.3, -0.25) is 9.51 Å². The van der Waals surface area contributed by atoms with Crippen LogP contribution < -0.4 is 10.5 Å². The molecule has 0 aliphatic rings. The summed E-state index contributed by atoms with van der Waals surface area (Å²) in [7, 11) is 0. The summed E-state index contributed by atoms with van der Waals surface area (Å²) in [5, 5.41) is 13.8. The van der Waals surface area contributed by atoms with Gasteiger partial charge < -0.3 is 9.84 Å². The Bertz CT molecular complexity index is 1410. The third-order valence-electron chi connectivity index (χ3n) is 5.68. The van der Waals surface area contributed by atoms with Gasteiger partial charge >= 0.3 is 5.76 Å². The molecule has 0 saturated carbocycles. The summed E-state index contributed by atoms with van der Waals surface area (Å²) in [6, 6.07) is 9.64. The fraction of sp³-hybridized carbons (Fsp3) is 0.240. The average Bonchev–Trinajstić information content (AvgIpc) is 3.24. The highest BCUT2D eigenvalue weighted by atomic mass is 19.1. The Hall–Kier alpha value is -4.01. The van der Waals surface area contributed by atoms with Crippen LogP contribution >= 0.6 is 0 Å². The van der Waals surface area contributed by atoms with E-state index in [0.29, 0.717) is 28.8 Å². The fourth-order valence-electron chi connectivity index (χ4n) is 3.81. The highest BCUT2D eigenvalue weighted by Gasteiger charge is 2.18. The summed E-state index contributed by atoms with van der Waals surface area (Å²) in [5.74, 6) is -1.66. The molecule has 0 amide bonds. The number of ether oxygens (including phenoxy) is 1. The van der Waals surface area contributed by atoms with Crippen LogP contribution in [0.1, 0.15) is 40.7 Å². The van der Waals surface area contributed by atoms with Gasteiger partial charge in [-0.15, -0.1) is 0 Å². The Morgan fingerprint density at radius 3 is 2.65 bits per heavy atom. The third kappa shape index (κ3) is 4.54. The van der Waals surface area contributed by atoms with Gasteiger partial charge in [0.15, 0.2) is 17.4 Å². The number of aromatic hydroxyl groups is 1. The lowest BCUT2D eigenvalue weighted by Gasteiger charge is -2.15. The van der Waals surface area contributed by atoms with Crippen LogP contribution in [-0.2, 0) is 19.4 Å². The second-order valence-corrected chi connectivity index (χ2v) is 7.92. The third-order valence-corrected chi connectivity index (χ3v) is 5.68. The first-order chi connectivity index (χ1) is 16.3. The smallest absolute Gasteiger partial charge is 0.439 e. The van der Waals surface area contributed by atoms with Crippen molar-refractivity contribution in [3.63, 3.8) is 0 Å². The summed E-state index contributed by atoms with van der Waals surface area (Å²) >= 11 is 0. The van der Waals surface area contributed by atoms with Gasteiger partial charge in [-0.1, -0.05) is 24.2 Å². The van der Waals surface area contributed by atoms with Crippen molar-refractivity contribution in [2.24, 2.45) is 0 Å². The summed E-state index contributed by atoms with van der Waals surface area (Å²) in [6.45, 7) is 5.14. The molecule has 0 atom stereocenters. The Morgan fingerprint density at radius 2 is 1.94 bits per heavy atom. The van der Waals surface area contributed by atoms with E-state index < -0.39 is 17.4 Å². The SMILES string of the molecule is CCc1cccc(-c2nc(Cc3c(C)cc(OCc4noc(=O)[nH]4)c(F)c3C)ccc2O)c1F. The van der Waals surface area contributed by atoms with E-state index in [4.69, 9.17) is 4.74 Å². The zero-order valence-corrected chi connectivity index (χ0v) is 18.9. The lowest BCUT2D eigenvalue weighted by Crippen LogP contribution is -2.06. The molecule has 7 nitrogen and oxygen atoms in total. The van der Waals surface area contributed by atoms with Gasteiger partial charge in [0.2, 0.25) is 0 Å². The molecule has 34 heavy (non-hydrogen) atoms. The number of benzene rings is 2. The fourth-order valence-corrected chi connectivity index (χ4v) is 3.81. The summed E-state index contributed by atoms with van der Waals surface area (Å²) < 4.78 is 39.8. The van der Waals surface area contributed by atoms with Crippen LogP contribution in [-0.4, -0.2) is 20.2 Å². The molecule has 0 fully saturated rings. The zero-order chi connectivity index (χ0) is 24.4. The maximum Gasteiger partial charge on any atom is 0.439 e. The van der Waals surface area contributed by atoms with Crippen LogP contribution in [0.5, 0.6) is 11.5 Å². The van der Waals surface area contributed by atoms with Gasteiger partial charge in [-0.25, -0.2) is 18.6 Å². The van der Waals surface area contributed by atoms with E-state index in [1.54, 1.807) is 37.3 Å². The first-order valence-corrected chi connectivity index (χ1v) is 10.7. The van der Waals surface area contributed by atoms with Crippen molar-refractivity contribution in [3.8, 4) is 22.8 Å². The number of aromatic nitrogens is 3. The number of halogens is 2. The minimum Gasteiger partial charge on any atom is -0.506 e.